The minimum absolute atomic E-state index is 0.163. The van der Waals surface area contributed by atoms with Gasteiger partial charge in [0.15, 0.2) is 11.5 Å². The maximum absolute atomic E-state index is 5.63. The van der Waals surface area contributed by atoms with Gasteiger partial charge in [-0.05, 0) is 24.1 Å². The molecule has 1 unspecified atom stereocenters. The molecular weight excluding hydrogens is 228 g/mol. The smallest absolute Gasteiger partial charge is 0.161 e. The molecule has 4 nitrogen and oxygen atoms in total. The molecule has 0 fully saturated rings. The van der Waals surface area contributed by atoms with Crippen molar-refractivity contribution >= 4 is 0 Å². The lowest BCUT2D eigenvalue weighted by atomic mass is 10.0. The molecule has 0 bridgehead atoms. The van der Waals surface area contributed by atoms with E-state index in [1.54, 1.807) is 14.2 Å². The average molecular weight is 252 g/mol. The summed E-state index contributed by atoms with van der Waals surface area (Å²) in [5, 5.41) is 0. The summed E-state index contributed by atoms with van der Waals surface area (Å²) < 4.78 is 10.5. The maximum atomic E-state index is 5.63. The highest BCUT2D eigenvalue weighted by molar-refractivity contribution is 5.43. The zero-order valence-corrected chi connectivity index (χ0v) is 11.5. The van der Waals surface area contributed by atoms with Crippen molar-refractivity contribution in [1.29, 1.82) is 0 Å². The van der Waals surface area contributed by atoms with Crippen LogP contribution in [0.2, 0.25) is 0 Å². The third-order valence-corrected chi connectivity index (χ3v) is 3.11. The van der Waals surface area contributed by atoms with Crippen LogP contribution in [0.15, 0.2) is 18.2 Å². The second kappa shape index (κ2) is 7.95. The standard InChI is InChI=1S/C14H24N2O2/c1-4-5-6-7-12(16-15)11-8-9-13(17-2)14(10-11)18-3/h8-10,12,16H,4-7,15H2,1-3H3. The predicted octanol–water partition coefficient (Wildman–Crippen LogP) is 2.79. The SMILES string of the molecule is CCCCCC(NN)c1ccc(OC)c(OC)c1. The minimum Gasteiger partial charge on any atom is -0.493 e. The number of methoxy groups -OCH3 is 2. The Morgan fingerprint density at radius 1 is 1.17 bits per heavy atom. The molecule has 1 aromatic carbocycles. The molecule has 3 N–H and O–H groups in total. The molecule has 0 aromatic heterocycles. The van der Waals surface area contributed by atoms with E-state index in [-0.39, 0.29) is 6.04 Å². The van der Waals surface area contributed by atoms with E-state index in [0.717, 1.165) is 23.5 Å². The van der Waals surface area contributed by atoms with Crippen molar-refractivity contribution in [3.05, 3.63) is 23.8 Å². The molecule has 0 aliphatic rings. The molecule has 0 aliphatic heterocycles. The second-order valence-electron chi connectivity index (χ2n) is 4.33. The highest BCUT2D eigenvalue weighted by Crippen LogP contribution is 2.31. The largest absolute Gasteiger partial charge is 0.493 e. The number of nitrogens with one attached hydrogen (secondary N) is 1. The van der Waals surface area contributed by atoms with Crippen LogP contribution in [-0.2, 0) is 0 Å². The van der Waals surface area contributed by atoms with Crippen LogP contribution in [0.1, 0.15) is 44.2 Å². The predicted molar refractivity (Wildman–Crippen MR) is 73.8 cm³/mol. The van der Waals surface area contributed by atoms with E-state index in [9.17, 15) is 0 Å². The maximum Gasteiger partial charge on any atom is 0.161 e. The van der Waals surface area contributed by atoms with Gasteiger partial charge < -0.3 is 9.47 Å². The monoisotopic (exact) mass is 252 g/mol. The lowest BCUT2D eigenvalue weighted by Gasteiger charge is -2.18. The zero-order valence-electron chi connectivity index (χ0n) is 11.5. The fourth-order valence-corrected chi connectivity index (χ4v) is 2.01. The van der Waals surface area contributed by atoms with Gasteiger partial charge in [0.05, 0.1) is 14.2 Å². The number of hydrazine groups is 1. The average Bonchev–Trinajstić information content (AvgIpc) is 2.43. The Hall–Kier alpha value is -1.26. The van der Waals surface area contributed by atoms with Crippen molar-refractivity contribution in [3.63, 3.8) is 0 Å². The van der Waals surface area contributed by atoms with E-state index < -0.39 is 0 Å². The quantitative estimate of drug-likeness (QED) is 0.424. The molecule has 0 saturated heterocycles. The van der Waals surface area contributed by atoms with Crippen LogP contribution in [-0.4, -0.2) is 14.2 Å². The molecule has 0 heterocycles. The topological polar surface area (TPSA) is 56.5 Å². The van der Waals surface area contributed by atoms with Gasteiger partial charge in [-0.3, -0.25) is 11.3 Å². The van der Waals surface area contributed by atoms with Gasteiger partial charge in [0, 0.05) is 6.04 Å². The molecule has 4 heteroatoms. The van der Waals surface area contributed by atoms with Gasteiger partial charge in [0.2, 0.25) is 0 Å². The number of unbranched alkanes of at least 4 members (excludes halogenated alkanes) is 2. The highest BCUT2D eigenvalue weighted by Gasteiger charge is 2.12. The van der Waals surface area contributed by atoms with Crippen LogP contribution in [0.4, 0.5) is 0 Å². The Bertz CT molecular complexity index is 356. The second-order valence-corrected chi connectivity index (χ2v) is 4.33. The molecule has 0 spiro atoms. The van der Waals surface area contributed by atoms with Crippen molar-refractivity contribution in [2.45, 2.75) is 38.6 Å². The molecular formula is C14H24N2O2. The summed E-state index contributed by atoms with van der Waals surface area (Å²) in [6.07, 6.45) is 4.63. The van der Waals surface area contributed by atoms with E-state index in [1.807, 2.05) is 18.2 Å². The van der Waals surface area contributed by atoms with Crippen molar-refractivity contribution < 1.29 is 9.47 Å². The van der Waals surface area contributed by atoms with Crippen LogP contribution >= 0.6 is 0 Å². The summed E-state index contributed by atoms with van der Waals surface area (Å²) in [5.74, 6) is 7.11. The van der Waals surface area contributed by atoms with Crippen LogP contribution in [0.25, 0.3) is 0 Å². The van der Waals surface area contributed by atoms with Crippen molar-refractivity contribution in [1.82, 2.24) is 5.43 Å². The van der Waals surface area contributed by atoms with Gasteiger partial charge >= 0.3 is 0 Å². The highest BCUT2D eigenvalue weighted by atomic mass is 16.5. The molecule has 0 amide bonds. The van der Waals surface area contributed by atoms with Crippen molar-refractivity contribution in [2.24, 2.45) is 5.84 Å². The molecule has 102 valence electrons. The Morgan fingerprint density at radius 2 is 1.89 bits per heavy atom. The summed E-state index contributed by atoms with van der Waals surface area (Å²) >= 11 is 0. The number of benzene rings is 1. The van der Waals surface area contributed by atoms with Crippen LogP contribution in [0, 0.1) is 0 Å². The zero-order chi connectivity index (χ0) is 13.4. The minimum atomic E-state index is 0.163. The number of nitrogens with two attached hydrogens (primary N) is 1. The first-order valence-corrected chi connectivity index (χ1v) is 6.44. The third kappa shape index (κ3) is 3.89. The first kappa shape index (κ1) is 14.8. The van der Waals surface area contributed by atoms with Gasteiger partial charge in [-0.2, -0.15) is 0 Å². The fraction of sp³-hybridized carbons (Fsp3) is 0.571. The van der Waals surface area contributed by atoms with E-state index >= 15 is 0 Å². The molecule has 1 atom stereocenters. The Morgan fingerprint density at radius 3 is 2.44 bits per heavy atom. The Kier molecular flexibility index (Phi) is 6.54. The van der Waals surface area contributed by atoms with E-state index in [0.29, 0.717) is 0 Å². The Balaban J connectivity index is 2.79. The van der Waals surface area contributed by atoms with Crippen molar-refractivity contribution in [3.8, 4) is 11.5 Å². The normalized spacial score (nSPS) is 12.2. The van der Waals surface area contributed by atoms with E-state index in [1.165, 1.54) is 19.3 Å². The van der Waals surface area contributed by atoms with Gasteiger partial charge in [-0.15, -0.1) is 0 Å². The molecule has 1 aromatic rings. The number of hydrogen-bond acceptors (Lipinski definition) is 4. The van der Waals surface area contributed by atoms with Crippen LogP contribution < -0.4 is 20.7 Å². The van der Waals surface area contributed by atoms with Gasteiger partial charge in [0.1, 0.15) is 0 Å². The number of hydrogen-bond donors (Lipinski definition) is 2. The Labute approximate surface area is 109 Å². The van der Waals surface area contributed by atoms with E-state index in [4.69, 9.17) is 15.3 Å². The molecule has 0 aliphatic carbocycles. The molecule has 18 heavy (non-hydrogen) atoms. The van der Waals surface area contributed by atoms with Crippen LogP contribution in [0.3, 0.4) is 0 Å². The lowest BCUT2D eigenvalue weighted by molar-refractivity contribution is 0.353. The summed E-state index contributed by atoms with van der Waals surface area (Å²) in [7, 11) is 3.28. The summed E-state index contributed by atoms with van der Waals surface area (Å²) in [4.78, 5) is 0. The molecule has 0 radical (unpaired) electrons. The first-order valence-electron chi connectivity index (χ1n) is 6.44. The van der Waals surface area contributed by atoms with Gasteiger partial charge in [0.25, 0.3) is 0 Å². The first-order chi connectivity index (χ1) is 8.76. The van der Waals surface area contributed by atoms with E-state index in [2.05, 4.69) is 12.3 Å². The van der Waals surface area contributed by atoms with Crippen LogP contribution in [0.5, 0.6) is 11.5 Å². The number of rotatable bonds is 8. The van der Waals surface area contributed by atoms with Gasteiger partial charge in [-0.25, -0.2) is 0 Å². The lowest BCUT2D eigenvalue weighted by Crippen LogP contribution is -2.28. The summed E-state index contributed by atoms with van der Waals surface area (Å²) in [6.45, 7) is 2.20. The fourth-order valence-electron chi connectivity index (χ4n) is 2.01. The third-order valence-electron chi connectivity index (χ3n) is 3.11. The van der Waals surface area contributed by atoms with Gasteiger partial charge in [-0.1, -0.05) is 32.3 Å². The summed E-state index contributed by atoms with van der Waals surface area (Å²) in [6, 6.07) is 6.09. The number of ether oxygens (including phenoxy) is 2. The summed E-state index contributed by atoms with van der Waals surface area (Å²) in [5.41, 5.74) is 4.00. The van der Waals surface area contributed by atoms with Crippen molar-refractivity contribution in [2.75, 3.05) is 14.2 Å². The molecule has 0 saturated carbocycles. The molecule has 1 rings (SSSR count).